The lowest BCUT2D eigenvalue weighted by Gasteiger charge is -2.29. The van der Waals surface area contributed by atoms with Gasteiger partial charge in [0.2, 0.25) is 0 Å². The molecule has 0 aromatic rings. The van der Waals surface area contributed by atoms with Gasteiger partial charge in [0.1, 0.15) is 0 Å². The Morgan fingerprint density at radius 3 is 1.86 bits per heavy atom. The highest BCUT2D eigenvalue weighted by Gasteiger charge is 2.19. The highest BCUT2D eigenvalue weighted by molar-refractivity contribution is 4.78. The van der Waals surface area contributed by atoms with Crippen molar-refractivity contribution in [1.82, 2.24) is 5.32 Å². The minimum Gasteiger partial charge on any atom is -0.395 e. The first-order valence-electron chi connectivity index (χ1n) is 5.38. The van der Waals surface area contributed by atoms with E-state index in [1.165, 1.54) is 0 Å². The van der Waals surface area contributed by atoms with Gasteiger partial charge in [-0.1, -0.05) is 27.7 Å². The molecule has 0 rings (SSSR count). The summed E-state index contributed by atoms with van der Waals surface area (Å²) in [6.45, 7) is 9.42. The molecule has 0 heterocycles. The van der Waals surface area contributed by atoms with E-state index < -0.39 is 0 Å². The predicted octanol–water partition coefficient (Wildman–Crippen LogP) is 1.26. The van der Waals surface area contributed by atoms with Crippen molar-refractivity contribution >= 4 is 0 Å². The summed E-state index contributed by atoms with van der Waals surface area (Å²) in [4.78, 5) is 0. The molecule has 0 fully saturated rings. The summed E-state index contributed by atoms with van der Waals surface area (Å²) in [6.07, 6.45) is 0. The van der Waals surface area contributed by atoms with Crippen molar-refractivity contribution in [2.24, 2.45) is 11.8 Å². The third kappa shape index (κ3) is 4.94. The minimum atomic E-state index is 0.164. The number of hydrogen-bond acceptors (Lipinski definition) is 3. The number of ether oxygens (including phenoxy) is 1. The first-order valence-corrected chi connectivity index (χ1v) is 5.38. The maximum Gasteiger partial charge on any atom is 0.0618 e. The summed E-state index contributed by atoms with van der Waals surface area (Å²) in [6, 6.07) is 0.483. The normalized spacial score (nSPS) is 16.3. The Morgan fingerprint density at radius 1 is 1.07 bits per heavy atom. The monoisotopic (exact) mass is 203 g/mol. The summed E-state index contributed by atoms with van der Waals surface area (Å²) in [5.74, 6) is 0.959. The Bertz CT molecular complexity index is 137. The fourth-order valence-electron chi connectivity index (χ4n) is 1.34. The zero-order chi connectivity index (χ0) is 11.1. The fraction of sp³-hybridized carbons (Fsp3) is 1.00. The number of methoxy groups -OCH3 is 1. The van der Waals surface area contributed by atoms with E-state index >= 15 is 0 Å². The smallest absolute Gasteiger partial charge is 0.0618 e. The van der Waals surface area contributed by atoms with Gasteiger partial charge in [-0.3, -0.25) is 0 Å². The zero-order valence-corrected chi connectivity index (χ0v) is 10.1. The molecule has 0 aliphatic rings. The van der Waals surface area contributed by atoms with E-state index in [0.717, 1.165) is 0 Å². The van der Waals surface area contributed by atoms with Gasteiger partial charge >= 0.3 is 0 Å². The molecule has 2 N–H and O–H groups in total. The highest BCUT2D eigenvalue weighted by Crippen LogP contribution is 2.07. The minimum absolute atomic E-state index is 0.164. The number of nitrogens with one attached hydrogen (secondary N) is 1. The van der Waals surface area contributed by atoms with Crippen LogP contribution in [-0.4, -0.2) is 37.5 Å². The first-order chi connectivity index (χ1) is 6.52. The maximum atomic E-state index is 9.19. The lowest BCUT2D eigenvalue weighted by Crippen LogP contribution is -2.48. The van der Waals surface area contributed by atoms with Crippen LogP contribution in [0.5, 0.6) is 0 Å². The van der Waals surface area contributed by atoms with E-state index in [1.807, 2.05) is 0 Å². The molecule has 0 spiro atoms. The number of aliphatic hydroxyl groups is 1. The second kappa shape index (κ2) is 7.21. The van der Waals surface area contributed by atoms with Gasteiger partial charge in [-0.05, 0) is 11.8 Å². The van der Waals surface area contributed by atoms with Gasteiger partial charge in [-0.25, -0.2) is 0 Å². The number of hydrogen-bond donors (Lipinski definition) is 2. The van der Waals surface area contributed by atoms with Gasteiger partial charge in [0.05, 0.1) is 13.2 Å². The average Bonchev–Trinajstić information content (AvgIpc) is 2.11. The van der Waals surface area contributed by atoms with Crippen LogP contribution in [0.2, 0.25) is 0 Å². The number of rotatable bonds is 7. The van der Waals surface area contributed by atoms with E-state index in [-0.39, 0.29) is 12.6 Å². The third-order valence-corrected chi connectivity index (χ3v) is 2.58. The highest BCUT2D eigenvalue weighted by atomic mass is 16.5. The molecule has 1 unspecified atom stereocenters. The van der Waals surface area contributed by atoms with Gasteiger partial charge in [-0.2, -0.15) is 0 Å². The molecule has 86 valence electrons. The second-order valence-electron chi connectivity index (χ2n) is 4.51. The van der Waals surface area contributed by atoms with Crippen LogP contribution in [0, 0.1) is 11.8 Å². The van der Waals surface area contributed by atoms with E-state index in [2.05, 4.69) is 33.0 Å². The van der Waals surface area contributed by atoms with Crippen LogP contribution in [0.4, 0.5) is 0 Å². The Hall–Kier alpha value is -0.120. The average molecular weight is 203 g/mol. The summed E-state index contributed by atoms with van der Waals surface area (Å²) in [7, 11) is 1.71. The van der Waals surface area contributed by atoms with Crippen LogP contribution in [0.15, 0.2) is 0 Å². The van der Waals surface area contributed by atoms with Crippen molar-refractivity contribution in [1.29, 1.82) is 0 Å². The molecule has 0 aromatic heterocycles. The fourth-order valence-corrected chi connectivity index (χ4v) is 1.34. The van der Waals surface area contributed by atoms with Crippen LogP contribution in [-0.2, 0) is 4.74 Å². The Balaban J connectivity index is 4.11. The molecule has 0 bridgehead atoms. The molecule has 0 saturated carbocycles. The van der Waals surface area contributed by atoms with Crippen molar-refractivity contribution < 1.29 is 9.84 Å². The molecule has 0 amide bonds. The number of aliphatic hydroxyl groups excluding tert-OH is 1. The van der Waals surface area contributed by atoms with Crippen LogP contribution >= 0.6 is 0 Å². The molecule has 14 heavy (non-hydrogen) atoms. The topological polar surface area (TPSA) is 41.5 Å². The zero-order valence-electron chi connectivity index (χ0n) is 10.1. The van der Waals surface area contributed by atoms with Crippen molar-refractivity contribution in [2.45, 2.75) is 39.8 Å². The first kappa shape index (κ1) is 13.9. The summed E-state index contributed by atoms with van der Waals surface area (Å²) < 4.78 is 5.15. The molecule has 2 atom stereocenters. The lowest BCUT2D eigenvalue weighted by atomic mass is 10.00. The predicted molar refractivity (Wildman–Crippen MR) is 59.3 cm³/mol. The Morgan fingerprint density at radius 2 is 1.57 bits per heavy atom. The Kier molecular flexibility index (Phi) is 7.15. The molecule has 0 aromatic carbocycles. The van der Waals surface area contributed by atoms with Crippen LogP contribution in [0.3, 0.4) is 0 Å². The molecule has 0 saturated heterocycles. The molecule has 0 aliphatic carbocycles. The van der Waals surface area contributed by atoms with Crippen LogP contribution in [0.1, 0.15) is 27.7 Å². The Labute approximate surface area is 87.8 Å². The molecular formula is C11H25NO2. The molecule has 3 heteroatoms. The van der Waals surface area contributed by atoms with Crippen molar-refractivity contribution in [3.05, 3.63) is 0 Å². The summed E-state index contributed by atoms with van der Waals surface area (Å²) in [5.41, 5.74) is 0. The van der Waals surface area contributed by atoms with Gasteiger partial charge in [0, 0.05) is 19.2 Å². The van der Waals surface area contributed by atoms with Gasteiger partial charge in [-0.15, -0.1) is 0 Å². The van der Waals surface area contributed by atoms with E-state index in [9.17, 15) is 5.11 Å². The van der Waals surface area contributed by atoms with E-state index in [4.69, 9.17) is 4.74 Å². The van der Waals surface area contributed by atoms with Gasteiger partial charge in [0.15, 0.2) is 0 Å². The van der Waals surface area contributed by atoms with Crippen LogP contribution < -0.4 is 5.32 Å². The van der Waals surface area contributed by atoms with Gasteiger partial charge < -0.3 is 15.2 Å². The van der Waals surface area contributed by atoms with E-state index in [1.54, 1.807) is 7.11 Å². The van der Waals surface area contributed by atoms with Gasteiger partial charge in [0.25, 0.3) is 0 Å². The second-order valence-corrected chi connectivity index (χ2v) is 4.51. The molecule has 0 radical (unpaired) electrons. The van der Waals surface area contributed by atoms with Crippen molar-refractivity contribution in [3.8, 4) is 0 Å². The summed E-state index contributed by atoms with van der Waals surface area (Å²) in [5, 5.41) is 12.6. The standard InChI is InChI=1S/C11H25NO2/c1-8(2)10(6-13)12-11(7-14-5)9(3)4/h8-13H,6-7H2,1-5H3/t10-,11?/m1/s1. The molecular weight excluding hydrogens is 178 g/mol. The molecule has 3 nitrogen and oxygen atoms in total. The van der Waals surface area contributed by atoms with Crippen molar-refractivity contribution in [3.63, 3.8) is 0 Å². The SMILES string of the molecule is COCC(N[C@H](CO)C(C)C)C(C)C. The molecule has 0 aliphatic heterocycles. The van der Waals surface area contributed by atoms with E-state index in [0.29, 0.717) is 24.5 Å². The third-order valence-electron chi connectivity index (χ3n) is 2.58. The van der Waals surface area contributed by atoms with Crippen LogP contribution in [0.25, 0.3) is 0 Å². The maximum absolute atomic E-state index is 9.19. The van der Waals surface area contributed by atoms with Crippen molar-refractivity contribution in [2.75, 3.05) is 20.3 Å². The quantitative estimate of drug-likeness (QED) is 0.654. The summed E-state index contributed by atoms with van der Waals surface area (Å²) >= 11 is 0. The lowest BCUT2D eigenvalue weighted by molar-refractivity contribution is 0.119. The largest absolute Gasteiger partial charge is 0.395 e.